The van der Waals surface area contributed by atoms with Crippen LogP contribution >= 0.6 is 12.2 Å². The molecule has 1 aliphatic rings. The van der Waals surface area contributed by atoms with Crippen molar-refractivity contribution in [1.29, 1.82) is 0 Å². The molecule has 0 amide bonds. The number of pyridine rings is 1. The van der Waals surface area contributed by atoms with Crippen LogP contribution in [0.1, 0.15) is 48.6 Å². The van der Waals surface area contributed by atoms with Gasteiger partial charge in [0.2, 0.25) is 0 Å². The highest BCUT2D eigenvalue weighted by Gasteiger charge is 2.42. The molecule has 0 saturated carbocycles. The van der Waals surface area contributed by atoms with Gasteiger partial charge in [-0.25, -0.2) is 0 Å². The second kappa shape index (κ2) is 8.08. The smallest absolute Gasteiger partial charge is 0.325 e. The number of carbonyl (C=O) groups excluding carboxylic acids is 1. The van der Waals surface area contributed by atoms with E-state index in [2.05, 4.69) is 41.7 Å². The molecule has 1 N–H and O–H groups in total. The van der Waals surface area contributed by atoms with E-state index in [0.717, 1.165) is 17.8 Å². The number of hydrogen-bond acceptors (Lipinski definition) is 4. The molecule has 144 valence electrons. The van der Waals surface area contributed by atoms with E-state index in [1.165, 1.54) is 11.4 Å². The number of carbonyl (C=O) groups is 1. The minimum atomic E-state index is -0.280. The van der Waals surface area contributed by atoms with Crippen LogP contribution in [0.15, 0.2) is 30.5 Å². The summed E-state index contributed by atoms with van der Waals surface area (Å²) in [5, 5.41) is 3.91. The number of thiocarbonyl (C=S) groups is 1. The summed E-state index contributed by atoms with van der Waals surface area (Å²) in [6.45, 7) is 9.52. The van der Waals surface area contributed by atoms with Gasteiger partial charge in [-0.3, -0.25) is 9.78 Å². The van der Waals surface area contributed by atoms with Crippen molar-refractivity contribution in [2.75, 3.05) is 13.2 Å². The van der Waals surface area contributed by atoms with Crippen molar-refractivity contribution in [2.24, 2.45) is 0 Å². The molecular weight excluding hydrogens is 360 g/mol. The van der Waals surface area contributed by atoms with E-state index in [-0.39, 0.29) is 24.6 Å². The monoisotopic (exact) mass is 386 g/mol. The fourth-order valence-corrected chi connectivity index (χ4v) is 4.18. The highest BCUT2D eigenvalue weighted by atomic mass is 32.1. The normalized spacial score (nSPS) is 19.3. The summed E-state index contributed by atoms with van der Waals surface area (Å²) in [7, 11) is 0. The second-order valence-electron chi connectivity index (χ2n) is 6.63. The number of nitrogens with zero attached hydrogens (tertiary/aromatic N) is 3. The molecule has 7 heteroatoms. The molecule has 1 aliphatic heterocycles. The summed E-state index contributed by atoms with van der Waals surface area (Å²) >= 11 is 5.58. The Morgan fingerprint density at radius 3 is 2.70 bits per heavy atom. The number of hydrogen-bond donors (Lipinski definition) is 1. The molecule has 0 spiro atoms. The van der Waals surface area contributed by atoms with Crippen molar-refractivity contribution in [3.63, 3.8) is 0 Å². The van der Waals surface area contributed by atoms with Crippen molar-refractivity contribution >= 4 is 23.3 Å². The second-order valence-corrected chi connectivity index (χ2v) is 7.02. The zero-order valence-electron chi connectivity index (χ0n) is 16.2. The molecule has 0 unspecified atom stereocenters. The van der Waals surface area contributed by atoms with Gasteiger partial charge < -0.3 is 19.5 Å². The summed E-state index contributed by atoms with van der Waals surface area (Å²) in [6, 6.07) is 7.79. The summed E-state index contributed by atoms with van der Waals surface area (Å²) in [6.07, 6.45) is 1.78. The van der Waals surface area contributed by atoms with Gasteiger partial charge in [-0.2, -0.15) is 0 Å². The molecule has 3 heterocycles. The Hall–Kier alpha value is -2.41. The maximum atomic E-state index is 12.2. The van der Waals surface area contributed by atoms with Crippen molar-refractivity contribution in [3.05, 3.63) is 53.1 Å². The lowest BCUT2D eigenvalue weighted by atomic mass is 9.97. The van der Waals surface area contributed by atoms with Gasteiger partial charge in [0, 0.05) is 24.1 Å². The van der Waals surface area contributed by atoms with E-state index in [4.69, 9.17) is 17.0 Å². The third-order valence-corrected chi connectivity index (χ3v) is 5.40. The topological polar surface area (TPSA) is 59.4 Å². The lowest BCUT2D eigenvalue weighted by Gasteiger charge is -2.27. The third-order valence-electron chi connectivity index (χ3n) is 5.05. The van der Waals surface area contributed by atoms with Crippen molar-refractivity contribution in [3.8, 4) is 0 Å². The Balaban J connectivity index is 2.05. The van der Waals surface area contributed by atoms with Gasteiger partial charge >= 0.3 is 5.97 Å². The average molecular weight is 387 g/mol. The Morgan fingerprint density at radius 1 is 1.33 bits per heavy atom. The first-order chi connectivity index (χ1) is 13.0. The lowest BCUT2D eigenvalue weighted by molar-refractivity contribution is -0.143. The van der Waals surface area contributed by atoms with Crippen molar-refractivity contribution < 1.29 is 9.53 Å². The van der Waals surface area contributed by atoms with Crippen LogP contribution in [-0.2, 0) is 16.1 Å². The van der Waals surface area contributed by atoms with Crippen molar-refractivity contribution in [2.45, 2.75) is 46.3 Å². The third kappa shape index (κ3) is 3.69. The fraction of sp³-hybridized carbons (Fsp3) is 0.450. The van der Waals surface area contributed by atoms with E-state index < -0.39 is 0 Å². The van der Waals surface area contributed by atoms with Crippen molar-refractivity contribution in [1.82, 2.24) is 19.8 Å². The number of ether oxygens (including phenoxy) is 1. The summed E-state index contributed by atoms with van der Waals surface area (Å²) < 4.78 is 7.44. The maximum Gasteiger partial charge on any atom is 0.325 e. The predicted octanol–water partition coefficient (Wildman–Crippen LogP) is 3.06. The largest absolute Gasteiger partial charge is 0.465 e. The van der Waals surface area contributed by atoms with Crippen LogP contribution in [0.2, 0.25) is 0 Å². The van der Waals surface area contributed by atoms with E-state index in [1.807, 2.05) is 30.0 Å². The highest BCUT2D eigenvalue weighted by Crippen LogP contribution is 2.40. The minimum Gasteiger partial charge on any atom is -0.465 e. The van der Waals surface area contributed by atoms with Gasteiger partial charge in [-0.05, 0) is 63.7 Å². The number of aryl methyl sites for hydroxylation is 1. The molecular formula is C20H26N4O2S. The molecule has 1 saturated heterocycles. The Kier molecular flexibility index (Phi) is 5.79. The Bertz CT molecular complexity index is 834. The van der Waals surface area contributed by atoms with Crippen LogP contribution in [0.4, 0.5) is 0 Å². The number of aromatic nitrogens is 2. The molecule has 0 aromatic carbocycles. The summed E-state index contributed by atoms with van der Waals surface area (Å²) in [5.74, 6) is -0.280. The first-order valence-electron chi connectivity index (χ1n) is 9.28. The molecule has 2 aromatic rings. The molecule has 1 fully saturated rings. The maximum absolute atomic E-state index is 12.2. The summed E-state index contributed by atoms with van der Waals surface area (Å²) in [5.41, 5.74) is 4.43. The first-order valence-corrected chi connectivity index (χ1v) is 9.69. The highest BCUT2D eigenvalue weighted by molar-refractivity contribution is 7.80. The predicted molar refractivity (Wildman–Crippen MR) is 108 cm³/mol. The Labute approximate surface area is 165 Å². The SMILES string of the molecule is CCOC(=O)CN1C(=S)N[C@@H](c2ccccn2)[C@@H]1c1cc(C)n(CC)c1C. The van der Waals surface area contributed by atoms with Crippen LogP contribution in [0.25, 0.3) is 0 Å². The quantitative estimate of drug-likeness (QED) is 0.608. The van der Waals surface area contributed by atoms with Crippen LogP contribution < -0.4 is 5.32 Å². The van der Waals surface area contributed by atoms with Crippen LogP contribution in [-0.4, -0.2) is 38.7 Å². The zero-order chi connectivity index (χ0) is 19.6. The average Bonchev–Trinajstić information content (AvgIpc) is 3.12. The lowest BCUT2D eigenvalue weighted by Crippen LogP contribution is -2.35. The molecule has 27 heavy (non-hydrogen) atoms. The van der Waals surface area contributed by atoms with Gasteiger partial charge in [0.1, 0.15) is 6.54 Å². The standard InChI is InChI=1S/C20H26N4O2S/c1-5-23-13(3)11-15(14(23)4)19-18(16-9-7-8-10-21-16)22-20(27)24(19)12-17(25)26-6-2/h7-11,18-19H,5-6,12H2,1-4H3,(H,22,27)/t18-,19-/m0/s1. The number of esters is 1. The minimum absolute atomic E-state index is 0.115. The molecule has 0 bridgehead atoms. The Morgan fingerprint density at radius 2 is 2.11 bits per heavy atom. The molecule has 2 atom stereocenters. The van der Waals surface area contributed by atoms with Gasteiger partial charge in [-0.1, -0.05) is 6.07 Å². The first kappa shape index (κ1) is 19.4. The number of rotatable bonds is 6. The number of nitrogens with one attached hydrogen (secondary N) is 1. The molecule has 2 aromatic heterocycles. The van der Waals surface area contributed by atoms with E-state index >= 15 is 0 Å². The van der Waals surface area contributed by atoms with Crippen LogP contribution in [0, 0.1) is 13.8 Å². The fourth-order valence-electron chi connectivity index (χ4n) is 3.87. The van der Waals surface area contributed by atoms with E-state index in [1.54, 1.807) is 6.20 Å². The van der Waals surface area contributed by atoms with Crippen LogP contribution in [0.3, 0.4) is 0 Å². The summed E-state index contributed by atoms with van der Waals surface area (Å²) in [4.78, 5) is 18.7. The van der Waals surface area contributed by atoms with Gasteiger partial charge in [0.05, 0.1) is 24.4 Å². The van der Waals surface area contributed by atoms with Crippen LogP contribution in [0.5, 0.6) is 0 Å². The molecule has 6 nitrogen and oxygen atoms in total. The zero-order valence-corrected chi connectivity index (χ0v) is 17.0. The molecule has 0 radical (unpaired) electrons. The van der Waals surface area contributed by atoms with Gasteiger partial charge in [-0.15, -0.1) is 0 Å². The molecule has 0 aliphatic carbocycles. The van der Waals surface area contributed by atoms with E-state index in [0.29, 0.717) is 11.7 Å². The van der Waals surface area contributed by atoms with Gasteiger partial charge in [0.15, 0.2) is 5.11 Å². The molecule has 3 rings (SSSR count). The van der Waals surface area contributed by atoms with E-state index in [9.17, 15) is 4.79 Å². The van der Waals surface area contributed by atoms with Gasteiger partial charge in [0.25, 0.3) is 0 Å².